The molecule has 1 aliphatic heterocycles. The number of aromatic carboxylic acids is 1. The number of amides is 2. The number of carbonyl (C=O) groups is 2. The number of benzene rings is 1. The highest BCUT2D eigenvalue weighted by Crippen LogP contribution is 2.23. The maximum Gasteiger partial charge on any atom is 0.335 e. The average Bonchev–Trinajstić information content (AvgIpc) is 2.93. The second-order valence-electron chi connectivity index (χ2n) is 4.95. The lowest BCUT2D eigenvalue weighted by Crippen LogP contribution is -2.37. The zero-order valence-electron chi connectivity index (χ0n) is 11.6. The van der Waals surface area contributed by atoms with Gasteiger partial charge in [0.2, 0.25) is 0 Å². The van der Waals surface area contributed by atoms with E-state index in [0.717, 1.165) is 19.4 Å². The van der Waals surface area contributed by atoms with Crippen molar-refractivity contribution in [3.63, 3.8) is 0 Å². The van der Waals surface area contributed by atoms with Crippen LogP contribution in [0.3, 0.4) is 0 Å². The predicted octanol–water partition coefficient (Wildman–Crippen LogP) is 2.68. The van der Waals surface area contributed by atoms with E-state index in [0.29, 0.717) is 12.2 Å². The Kier molecular flexibility index (Phi) is 5.03. The minimum atomic E-state index is -1.06. The molecule has 1 saturated heterocycles. The molecule has 114 valence electrons. The third-order valence-corrected chi connectivity index (χ3v) is 3.62. The van der Waals surface area contributed by atoms with Gasteiger partial charge in [-0.15, -0.1) is 0 Å². The van der Waals surface area contributed by atoms with E-state index in [4.69, 9.17) is 21.4 Å². The lowest BCUT2D eigenvalue weighted by atomic mass is 10.2. The number of halogens is 1. The van der Waals surface area contributed by atoms with E-state index >= 15 is 0 Å². The number of carboxylic acids is 1. The molecule has 1 aromatic carbocycles. The van der Waals surface area contributed by atoms with E-state index < -0.39 is 5.97 Å². The van der Waals surface area contributed by atoms with Gasteiger partial charge in [0.05, 0.1) is 22.4 Å². The van der Waals surface area contributed by atoms with Gasteiger partial charge in [0.25, 0.3) is 0 Å². The van der Waals surface area contributed by atoms with Gasteiger partial charge in [0.15, 0.2) is 0 Å². The maximum absolute atomic E-state index is 12.1. The van der Waals surface area contributed by atoms with Gasteiger partial charge in [-0.3, -0.25) is 0 Å². The third kappa shape index (κ3) is 4.09. The third-order valence-electron chi connectivity index (χ3n) is 3.31. The summed E-state index contributed by atoms with van der Waals surface area (Å²) >= 11 is 5.97. The number of urea groups is 1. The molecule has 0 spiro atoms. The molecule has 7 heteroatoms. The second kappa shape index (κ2) is 6.78. The molecule has 0 saturated carbocycles. The first kappa shape index (κ1) is 15.6. The topological polar surface area (TPSA) is 78.9 Å². The molecule has 2 amide bonds. The SMILES string of the molecule is CN(CC1CCCO1)C(=O)Nc1ccc(C(=O)O)cc1Cl. The van der Waals surface area contributed by atoms with E-state index in [-0.39, 0.29) is 22.7 Å². The van der Waals surface area contributed by atoms with E-state index in [1.807, 2.05) is 0 Å². The minimum Gasteiger partial charge on any atom is -0.478 e. The Bertz CT molecular complexity index is 544. The van der Waals surface area contributed by atoms with Crippen molar-refractivity contribution in [2.45, 2.75) is 18.9 Å². The molecule has 1 unspecified atom stereocenters. The molecule has 0 aliphatic carbocycles. The van der Waals surface area contributed by atoms with Gasteiger partial charge in [-0.2, -0.15) is 0 Å². The Morgan fingerprint density at radius 3 is 2.86 bits per heavy atom. The first-order valence-corrected chi connectivity index (χ1v) is 7.01. The number of ether oxygens (including phenoxy) is 1. The summed E-state index contributed by atoms with van der Waals surface area (Å²) in [4.78, 5) is 24.4. The molecule has 2 N–H and O–H groups in total. The first-order chi connectivity index (χ1) is 9.97. The zero-order chi connectivity index (χ0) is 15.4. The average molecular weight is 313 g/mol. The van der Waals surface area contributed by atoms with Crippen LogP contribution in [0.5, 0.6) is 0 Å². The van der Waals surface area contributed by atoms with Gasteiger partial charge in [-0.05, 0) is 31.0 Å². The normalized spacial score (nSPS) is 17.5. The molecule has 6 nitrogen and oxygen atoms in total. The molecular formula is C14H17ClN2O4. The van der Waals surface area contributed by atoms with Crippen molar-refractivity contribution in [1.82, 2.24) is 4.90 Å². The summed E-state index contributed by atoms with van der Waals surface area (Å²) in [6.45, 7) is 1.25. The number of likely N-dealkylation sites (N-methyl/N-ethyl adjacent to an activating group) is 1. The molecule has 2 rings (SSSR count). The van der Waals surface area contributed by atoms with Gasteiger partial charge in [-0.1, -0.05) is 11.6 Å². The zero-order valence-corrected chi connectivity index (χ0v) is 12.4. The van der Waals surface area contributed by atoms with Crippen LogP contribution in [0.1, 0.15) is 23.2 Å². The van der Waals surface area contributed by atoms with E-state index in [2.05, 4.69) is 5.32 Å². The number of nitrogens with one attached hydrogen (secondary N) is 1. The summed E-state index contributed by atoms with van der Waals surface area (Å²) in [5.74, 6) is -1.06. The van der Waals surface area contributed by atoms with Crippen molar-refractivity contribution in [3.05, 3.63) is 28.8 Å². The lowest BCUT2D eigenvalue weighted by Gasteiger charge is -2.21. The number of hydrogen-bond acceptors (Lipinski definition) is 3. The van der Waals surface area contributed by atoms with Crippen LogP contribution in [-0.2, 0) is 4.74 Å². The van der Waals surface area contributed by atoms with Gasteiger partial charge < -0.3 is 20.1 Å². The molecular weight excluding hydrogens is 296 g/mol. The Morgan fingerprint density at radius 2 is 2.29 bits per heavy atom. The van der Waals surface area contributed by atoms with Crippen molar-refractivity contribution < 1.29 is 19.4 Å². The summed E-state index contributed by atoms with van der Waals surface area (Å²) in [5.41, 5.74) is 0.455. The van der Waals surface area contributed by atoms with Crippen LogP contribution in [0.25, 0.3) is 0 Å². The van der Waals surface area contributed by atoms with Gasteiger partial charge in [0.1, 0.15) is 0 Å². The van der Waals surface area contributed by atoms with E-state index in [1.54, 1.807) is 7.05 Å². The van der Waals surface area contributed by atoms with E-state index in [1.165, 1.54) is 23.1 Å². The number of carbonyl (C=O) groups excluding carboxylic acids is 1. The molecule has 0 bridgehead atoms. The standard InChI is InChI=1S/C14H17ClN2O4/c1-17(8-10-3-2-6-21-10)14(20)16-12-5-4-9(13(18)19)7-11(12)15/h4-5,7,10H,2-3,6,8H2,1H3,(H,16,20)(H,18,19). The Hall–Kier alpha value is -1.79. The number of rotatable bonds is 4. The van der Waals surface area contributed by atoms with Crippen molar-refractivity contribution >= 4 is 29.3 Å². The maximum atomic E-state index is 12.1. The highest BCUT2D eigenvalue weighted by molar-refractivity contribution is 6.34. The lowest BCUT2D eigenvalue weighted by molar-refractivity contribution is 0.0697. The van der Waals surface area contributed by atoms with Crippen molar-refractivity contribution in [2.24, 2.45) is 0 Å². The van der Waals surface area contributed by atoms with Crippen LogP contribution in [0.15, 0.2) is 18.2 Å². The molecule has 1 aliphatic rings. The van der Waals surface area contributed by atoms with Crippen LogP contribution in [0, 0.1) is 0 Å². The number of anilines is 1. The van der Waals surface area contributed by atoms with Gasteiger partial charge >= 0.3 is 12.0 Å². The van der Waals surface area contributed by atoms with Crippen molar-refractivity contribution in [2.75, 3.05) is 25.5 Å². The summed E-state index contributed by atoms with van der Waals surface area (Å²) < 4.78 is 5.48. The predicted molar refractivity (Wildman–Crippen MR) is 79.0 cm³/mol. The van der Waals surface area contributed by atoms with Gasteiger partial charge in [0, 0.05) is 20.2 Å². The minimum absolute atomic E-state index is 0.0746. The summed E-state index contributed by atoms with van der Waals surface area (Å²) in [6, 6.07) is 3.86. The van der Waals surface area contributed by atoms with Crippen LogP contribution in [0.2, 0.25) is 5.02 Å². The van der Waals surface area contributed by atoms with Gasteiger partial charge in [-0.25, -0.2) is 9.59 Å². The largest absolute Gasteiger partial charge is 0.478 e. The molecule has 0 aromatic heterocycles. The number of carboxylic acid groups (broad SMARTS) is 1. The van der Waals surface area contributed by atoms with Crippen molar-refractivity contribution in [1.29, 1.82) is 0 Å². The fourth-order valence-corrected chi connectivity index (χ4v) is 2.36. The van der Waals surface area contributed by atoms with Crippen LogP contribution in [-0.4, -0.2) is 48.3 Å². The van der Waals surface area contributed by atoms with Crippen LogP contribution in [0.4, 0.5) is 10.5 Å². The van der Waals surface area contributed by atoms with Crippen molar-refractivity contribution in [3.8, 4) is 0 Å². The first-order valence-electron chi connectivity index (χ1n) is 6.64. The monoisotopic (exact) mass is 312 g/mol. The fourth-order valence-electron chi connectivity index (χ4n) is 2.14. The molecule has 1 atom stereocenters. The Morgan fingerprint density at radius 1 is 1.52 bits per heavy atom. The van der Waals surface area contributed by atoms with E-state index in [9.17, 15) is 9.59 Å². The Labute approximate surface area is 127 Å². The van der Waals surface area contributed by atoms with Crippen LogP contribution >= 0.6 is 11.6 Å². The summed E-state index contributed by atoms with van der Waals surface area (Å²) in [7, 11) is 1.68. The summed E-state index contributed by atoms with van der Waals surface area (Å²) in [6.07, 6.45) is 2.04. The fraction of sp³-hybridized carbons (Fsp3) is 0.429. The van der Waals surface area contributed by atoms with Crippen LogP contribution < -0.4 is 5.32 Å². The molecule has 1 fully saturated rings. The highest BCUT2D eigenvalue weighted by Gasteiger charge is 2.20. The quantitative estimate of drug-likeness (QED) is 0.896. The Balaban J connectivity index is 1.96. The second-order valence-corrected chi connectivity index (χ2v) is 5.35. The molecule has 21 heavy (non-hydrogen) atoms. The number of nitrogens with zero attached hydrogens (tertiary/aromatic N) is 1. The highest BCUT2D eigenvalue weighted by atomic mass is 35.5. The molecule has 1 heterocycles. The summed E-state index contributed by atoms with van der Waals surface area (Å²) in [5, 5.41) is 11.7. The molecule has 0 radical (unpaired) electrons. The smallest absolute Gasteiger partial charge is 0.335 e. The molecule has 1 aromatic rings. The number of hydrogen-bond donors (Lipinski definition) is 2.